The number of anilines is 1. The highest BCUT2D eigenvalue weighted by molar-refractivity contribution is 6.22. The molecule has 5 aromatic rings. The number of H-pyrrole nitrogens is 1. The number of aromatic hydroxyl groups is 1. The van der Waals surface area contributed by atoms with Gasteiger partial charge < -0.3 is 15.4 Å². The minimum Gasteiger partial charge on any atom is -0.494 e. The number of piperidine rings is 1. The van der Waals surface area contributed by atoms with Gasteiger partial charge in [0.15, 0.2) is 5.88 Å². The van der Waals surface area contributed by atoms with Crippen molar-refractivity contribution in [2.24, 2.45) is 4.99 Å². The summed E-state index contributed by atoms with van der Waals surface area (Å²) in [6.07, 6.45) is 7.46. The minimum absolute atomic E-state index is 0.0307. The second-order valence-corrected chi connectivity index (χ2v) is 10.5. The van der Waals surface area contributed by atoms with E-state index in [1.807, 2.05) is 72.8 Å². The number of nitrogens with one attached hydrogen (secondary N) is 2. The van der Waals surface area contributed by atoms with Crippen molar-refractivity contribution in [3.63, 3.8) is 0 Å². The molecule has 1 amide bonds. The van der Waals surface area contributed by atoms with Gasteiger partial charge in [-0.15, -0.1) is 0 Å². The predicted octanol–water partition coefficient (Wildman–Crippen LogP) is 6.60. The summed E-state index contributed by atoms with van der Waals surface area (Å²) in [5.41, 5.74) is 6.43. The Hall–Kier alpha value is -4.75. The first-order valence-electron chi connectivity index (χ1n) is 14.1. The Morgan fingerprint density at radius 2 is 1.73 bits per heavy atom. The summed E-state index contributed by atoms with van der Waals surface area (Å²) in [5, 5.41) is 14.9. The molecule has 0 spiro atoms. The summed E-state index contributed by atoms with van der Waals surface area (Å²) in [4.78, 5) is 27.5. The number of pyridine rings is 1. The molecule has 3 aromatic carbocycles. The van der Waals surface area contributed by atoms with Gasteiger partial charge >= 0.3 is 0 Å². The number of likely N-dealkylation sites (tertiary alicyclic amines) is 1. The SMILES string of the molecule is O=C(Cc1cccnc1)Nc1ccc2[nH]c(O)c(C(=Nc3ccc(CN4CCCCC4)cc3)c3ccccc3)c2c1. The lowest BCUT2D eigenvalue weighted by Gasteiger charge is -2.26. The third kappa shape index (κ3) is 6.36. The Labute approximate surface area is 239 Å². The minimum atomic E-state index is -0.139. The zero-order chi connectivity index (χ0) is 28.0. The van der Waals surface area contributed by atoms with Crippen molar-refractivity contribution in [1.29, 1.82) is 0 Å². The monoisotopic (exact) mass is 543 g/mol. The highest BCUT2D eigenvalue weighted by atomic mass is 16.3. The number of nitrogens with zero attached hydrogens (tertiary/aromatic N) is 3. The lowest BCUT2D eigenvalue weighted by Crippen LogP contribution is -2.28. The second-order valence-electron chi connectivity index (χ2n) is 10.5. The molecule has 0 bridgehead atoms. The van der Waals surface area contributed by atoms with Crippen LogP contribution in [0.15, 0.2) is 102 Å². The van der Waals surface area contributed by atoms with Gasteiger partial charge in [-0.05, 0) is 73.5 Å². The molecule has 7 heteroatoms. The second kappa shape index (κ2) is 12.2. The zero-order valence-corrected chi connectivity index (χ0v) is 22.9. The highest BCUT2D eigenvalue weighted by Crippen LogP contribution is 2.33. The third-order valence-electron chi connectivity index (χ3n) is 7.47. The molecule has 0 unspecified atom stereocenters. The smallest absolute Gasteiger partial charge is 0.228 e. The van der Waals surface area contributed by atoms with Crippen LogP contribution in [-0.4, -0.2) is 44.7 Å². The van der Waals surface area contributed by atoms with Crippen LogP contribution in [0.25, 0.3) is 10.9 Å². The Kier molecular flexibility index (Phi) is 7.87. The Balaban J connectivity index is 1.32. The first-order valence-corrected chi connectivity index (χ1v) is 14.1. The molecule has 1 saturated heterocycles. The van der Waals surface area contributed by atoms with Gasteiger partial charge in [0.1, 0.15) is 0 Å². The average molecular weight is 544 g/mol. The van der Waals surface area contributed by atoms with Crippen molar-refractivity contribution >= 4 is 33.9 Å². The van der Waals surface area contributed by atoms with Crippen molar-refractivity contribution in [1.82, 2.24) is 14.9 Å². The number of carbonyl (C=O) groups excluding carboxylic acids is 1. The van der Waals surface area contributed by atoms with E-state index in [1.165, 1.54) is 24.8 Å². The van der Waals surface area contributed by atoms with Crippen molar-refractivity contribution in [3.05, 3.63) is 120 Å². The average Bonchev–Trinajstić information content (AvgIpc) is 3.33. The first-order chi connectivity index (χ1) is 20.1. The van der Waals surface area contributed by atoms with E-state index in [9.17, 15) is 9.90 Å². The maximum atomic E-state index is 12.7. The van der Waals surface area contributed by atoms with Gasteiger partial charge in [0.2, 0.25) is 5.91 Å². The molecule has 7 nitrogen and oxygen atoms in total. The summed E-state index contributed by atoms with van der Waals surface area (Å²) in [5.74, 6) is -0.108. The number of carbonyl (C=O) groups is 1. The molecule has 41 heavy (non-hydrogen) atoms. The summed E-state index contributed by atoms with van der Waals surface area (Å²) >= 11 is 0. The van der Waals surface area contributed by atoms with Crippen LogP contribution in [0, 0.1) is 0 Å². The summed E-state index contributed by atoms with van der Waals surface area (Å²) < 4.78 is 0. The number of aromatic nitrogens is 2. The number of hydrogen-bond donors (Lipinski definition) is 3. The van der Waals surface area contributed by atoms with Crippen molar-refractivity contribution < 1.29 is 9.90 Å². The lowest BCUT2D eigenvalue weighted by atomic mass is 10.0. The number of aromatic amines is 1. The molecular weight excluding hydrogens is 510 g/mol. The van der Waals surface area contributed by atoms with Gasteiger partial charge in [0, 0.05) is 41.1 Å². The topological polar surface area (TPSA) is 93.6 Å². The van der Waals surface area contributed by atoms with Crippen molar-refractivity contribution in [3.8, 4) is 5.88 Å². The number of aliphatic imine (C=N–C) groups is 1. The van der Waals surface area contributed by atoms with Gasteiger partial charge in [-0.25, -0.2) is 4.99 Å². The third-order valence-corrected chi connectivity index (χ3v) is 7.47. The van der Waals surface area contributed by atoms with Gasteiger partial charge in [-0.3, -0.25) is 14.7 Å². The molecule has 1 aliphatic rings. The molecule has 206 valence electrons. The van der Waals surface area contributed by atoms with E-state index >= 15 is 0 Å². The van der Waals surface area contributed by atoms with E-state index in [4.69, 9.17) is 4.99 Å². The van der Waals surface area contributed by atoms with Gasteiger partial charge in [0.25, 0.3) is 0 Å². The van der Waals surface area contributed by atoms with Crippen LogP contribution in [0.3, 0.4) is 0 Å². The summed E-state index contributed by atoms with van der Waals surface area (Å²) in [6.45, 7) is 3.27. The van der Waals surface area contributed by atoms with Crippen LogP contribution in [-0.2, 0) is 17.8 Å². The lowest BCUT2D eigenvalue weighted by molar-refractivity contribution is -0.115. The molecule has 2 aromatic heterocycles. The van der Waals surface area contributed by atoms with Crippen LogP contribution < -0.4 is 5.32 Å². The first kappa shape index (κ1) is 26.5. The predicted molar refractivity (Wildman–Crippen MR) is 164 cm³/mol. The number of hydrogen-bond acceptors (Lipinski definition) is 5. The summed E-state index contributed by atoms with van der Waals surface area (Å²) in [7, 11) is 0. The highest BCUT2D eigenvalue weighted by Gasteiger charge is 2.20. The number of amides is 1. The van der Waals surface area contributed by atoms with E-state index in [-0.39, 0.29) is 18.2 Å². The van der Waals surface area contributed by atoms with Crippen LogP contribution in [0.1, 0.15) is 41.5 Å². The fourth-order valence-corrected chi connectivity index (χ4v) is 5.43. The largest absolute Gasteiger partial charge is 0.494 e. The number of fused-ring (bicyclic) bond motifs is 1. The summed E-state index contributed by atoms with van der Waals surface area (Å²) in [6, 6.07) is 27.5. The van der Waals surface area contributed by atoms with Gasteiger partial charge in [0.05, 0.1) is 23.4 Å². The molecule has 1 aliphatic heterocycles. The standard InChI is InChI=1S/C34H33N5O2/c40-31(20-25-8-7-17-35-22-25)36-28-15-16-30-29(21-28)32(34(41)38-30)33(26-9-3-1-4-10-26)37-27-13-11-24(12-14-27)23-39-18-5-2-6-19-39/h1,3-4,7-17,21-22,38,41H,2,5-6,18-20,23H2,(H,36,40). The van der Waals surface area contributed by atoms with E-state index in [0.717, 1.165) is 47.4 Å². The molecular formula is C34H33N5O2. The Morgan fingerprint density at radius 3 is 2.49 bits per heavy atom. The normalized spacial score (nSPS) is 14.3. The van der Waals surface area contributed by atoms with Crippen LogP contribution in [0.2, 0.25) is 0 Å². The van der Waals surface area contributed by atoms with Gasteiger partial charge in [-0.2, -0.15) is 0 Å². The van der Waals surface area contributed by atoms with Crippen molar-refractivity contribution in [2.75, 3.05) is 18.4 Å². The quantitative estimate of drug-likeness (QED) is 0.192. The molecule has 3 heterocycles. The maximum absolute atomic E-state index is 12.7. The Bertz CT molecular complexity index is 1650. The zero-order valence-electron chi connectivity index (χ0n) is 22.9. The van der Waals surface area contributed by atoms with Crippen LogP contribution in [0.4, 0.5) is 11.4 Å². The molecule has 6 rings (SSSR count). The number of benzene rings is 3. The maximum Gasteiger partial charge on any atom is 0.228 e. The molecule has 0 saturated carbocycles. The van der Waals surface area contributed by atoms with Crippen LogP contribution >= 0.6 is 0 Å². The van der Waals surface area contributed by atoms with Crippen LogP contribution in [0.5, 0.6) is 5.88 Å². The molecule has 1 fully saturated rings. The fraction of sp³-hybridized carbons (Fsp3) is 0.206. The van der Waals surface area contributed by atoms with E-state index in [0.29, 0.717) is 17.0 Å². The van der Waals surface area contributed by atoms with Crippen molar-refractivity contribution in [2.45, 2.75) is 32.2 Å². The fourth-order valence-electron chi connectivity index (χ4n) is 5.43. The van der Waals surface area contributed by atoms with Gasteiger partial charge in [-0.1, -0.05) is 55.0 Å². The molecule has 3 N–H and O–H groups in total. The molecule has 0 aliphatic carbocycles. The molecule has 0 atom stereocenters. The van der Waals surface area contributed by atoms with E-state index in [2.05, 4.69) is 32.3 Å². The van der Waals surface area contributed by atoms with E-state index in [1.54, 1.807) is 12.4 Å². The van der Waals surface area contributed by atoms with E-state index < -0.39 is 0 Å². The Morgan fingerprint density at radius 1 is 0.927 bits per heavy atom. The molecule has 0 radical (unpaired) electrons. The number of rotatable bonds is 8.